The molecule has 1 atom stereocenters. The molecule has 2 N–H and O–H groups in total. The van der Waals surface area contributed by atoms with Gasteiger partial charge in [0.15, 0.2) is 5.65 Å². The van der Waals surface area contributed by atoms with Crippen molar-refractivity contribution in [2.24, 2.45) is 5.92 Å². The number of imidazole rings is 1. The molecule has 0 bridgehead atoms. The number of aromatic nitrogens is 5. The lowest BCUT2D eigenvalue weighted by Crippen LogP contribution is -2.29. The minimum atomic E-state index is -0.104. The van der Waals surface area contributed by atoms with Crippen molar-refractivity contribution < 1.29 is 4.74 Å². The van der Waals surface area contributed by atoms with Gasteiger partial charge in [-0.3, -0.25) is 9.55 Å². The van der Waals surface area contributed by atoms with E-state index in [9.17, 15) is 4.79 Å². The van der Waals surface area contributed by atoms with Crippen LogP contribution in [0.4, 0.5) is 0 Å². The van der Waals surface area contributed by atoms with Gasteiger partial charge in [0, 0.05) is 54.4 Å². The summed E-state index contributed by atoms with van der Waals surface area (Å²) in [6, 6.07) is 6.21. The summed E-state index contributed by atoms with van der Waals surface area (Å²) in [7, 11) is 0. The van der Waals surface area contributed by atoms with Gasteiger partial charge in [-0.1, -0.05) is 0 Å². The Morgan fingerprint density at radius 3 is 2.70 bits per heavy atom. The molecule has 0 saturated carbocycles. The number of aromatic amines is 2. The highest BCUT2D eigenvalue weighted by molar-refractivity contribution is 5.84. The zero-order valence-electron chi connectivity index (χ0n) is 15.1. The summed E-state index contributed by atoms with van der Waals surface area (Å²) in [6.07, 6.45) is 7.45. The Hall–Kier alpha value is -2.93. The summed E-state index contributed by atoms with van der Waals surface area (Å²) in [5, 5.41) is 1.05. The monoisotopic (exact) mass is 363 g/mol. The number of fused-ring (bicyclic) bond motifs is 2. The van der Waals surface area contributed by atoms with Gasteiger partial charge >= 0.3 is 5.69 Å². The van der Waals surface area contributed by atoms with Crippen molar-refractivity contribution in [2.45, 2.75) is 25.8 Å². The minimum Gasteiger partial charge on any atom is -0.381 e. The van der Waals surface area contributed by atoms with Crippen LogP contribution in [-0.2, 0) is 4.74 Å². The van der Waals surface area contributed by atoms with Crippen LogP contribution in [0, 0.1) is 5.92 Å². The van der Waals surface area contributed by atoms with E-state index in [1.807, 2.05) is 29.1 Å². The van der Waals surface area contributed by atoms with Crippen LogP contribution in [0.25, 0.3) is 33.3 Å². The van der Waals surface area contributed by atoms with Crippen LogP contribution in [0.2, 0.25) is 0 Å². The van der Waals surface area contributed by atoms with Crippen LogP contribution >= 0.6 is 0 Å². The van der Waals surface area contributed by atoms with E-state index in [1.165, 1.54) is 0 Å². The van der Waals surface area contributed by atoms with E-state index >= 15 is 0 Å². The molecule has 1 aliphatic heterocycles. The van der Waals surface area contributed by atoms with Crippen LogP contribution < -0.4 is 5.69 Å². The number of hydrogen-bond donors (Lipinski definition) is 2. The van der Waals surface area contributed by atoms with Gasteiger partial charge in [-0.25, -0.2) is 14.8 Å². The standard InChI is InChI=1S/C20H21N5O2/c1-12(13-3-6-27-7-4-13)25-17-9-16(11-23-19(17)24-20(25)26)15-8-14-2-5-21-18(14)22-10-15/h2,5,8-13H,3-4,6-7H2,1H3,(H,21,22)(H,23,24,26). The van der Waals surface area contributed by atoms with Crippen LogP contribution in [0.5, 0.6) is 0 Å². The lowest BCUT2D eigenvalue weighted by molar-refractivity contribution is 0.0515. The van der Waals surface area contributed by atoms with E-state index < -0.39 is 0 Å². The van der Waals surface area contributed by atoms with E-state index in [2.05, 4.69) is 32.9 Å². The van der Waals surface area contributed by atoms with Gasteiger partial charge < -0.3 is 9.72 Å². The van der Waals surface area contributed by atoms with Gasteiger partial charge in [0.1, 0.15) is 5.65 Å². The van der Waals surface area contributed by atoms with Crippen molar-refractivity contribution >= 4 is 22.2 Å². The second kappa shape index (κ2) is 6.35. The maximum Gasteiger partial charge on any atom is 0.327 e. The molecule has 27 heavy (non-hydrogen) atoms. The smallest absolute Gasteiger partial charge is 0.327 e. The van der Waals surface area contributed by atoms with Gasteiger partial charge in [-0.15, -0.1) is 0 Å². The third-order valence-corrected chi connectivity index (χ3v) is 5.66. The predicted molar refractivity (Wildman–Crippen MR) is 104 cm³/mol. The van der Waals surface area contributed by atoms with E-state index in [0.29, 0.717) is 11.6 Å². The van der Waals surface area contributed by atoms with Crippen molar-refractivity contribution in [1.29, 1.82) is 0 Å². The van der Waals surface area contributed by atoms with Gasteiger partial charge in [-0.2, -0.15) is 0 Å². The molecule has 0 radical (unpaired) electrons. The van der Waals surface area contributed by atoms with Crippen LogP contribution in [-0.4, -0.2) is 37.7 Å². The zero-order chi connectivity index (χ0) is 18.4. The highest BCUT2D eigenvalue weighted by Crippen LogP contribution is 2.30. The number of nitrogens with one attached hydrogen (secondary N) is 2. The van der Waals surface area contributed by atoms with Crippen molar-refractivity contribution in [3.63, 3.8) is 0 Å². The molecule has 7 nitrogen and oxygen atoms in total. The lowest BCUT2D eigenvalue weighted by atomic mass is 9.92. The molecule has 138 valence electrons. The third kappa shape index (κ3) is 2.75. The Morgan fingerprint density at radius 1 is 1.15 bits per heavy atom. The van der Waals surface area contributed by atoms with Gasteiger partial charge in [0.25, 0.3) is 0 Å². The summed E-state index contributed by atoms with van der Waals surface area (Å²) in [6.45, 7) is 3.64. The first-order chi connectivity index (χ1) is 13.2. The number of ether oxygens (including phenoxy) is 1. The Balaban J connectivity index is 1.60. The van der Waals surface area contributed by atoms with E-state index in [-0.39, 0.29) is 11.7 Å². The first kappa shape index (κ1) is 16.3. The lowest BCUT2D eigenvalue weighted by Gasteiger charge is -2.28. The Morgan fingerprint density at radius 2 is 1.89 bits per heavy atom. The molecule has 5 heterocycles. The molecular formula is C20H21N5O2. The summed E-state index contributed by atoms with van der Waals surface area (Å²) in [5.41, 5.74) is 4.15. The summed E-state index contributed by atoms with van der Waals surface area (Å²) in [5.74, 6) is 0.428. The highest BCUT2D eigenvalue weighted by Gasteiger charge is 2.25. The fourth-order valence-electron chi connectivity index (χ4n) is 4.07. The van der Waals surface area contributed by atoms with Gasteiger partial charge in [0.05, 0.1) is 5.52 Å². The van der Waals surface area contributed by atoms with Crippen molar-refractivity contribution in [1.82, 2.24) is 24.5 Å². The number of pyridine rings is 2. The molecule has 1 fully saturated rings. The zero-order valence-corrected chi connectivity index (χ0v) is 15.1. The largest absolute Gasteiger partial charge is 0.381 e. The average molecular weight is 363 g/mol. The van der Waals surface area contributed by atoms with Crippen molar-refractivity contribution in [3.05, 3.63) is 47.3 Å². The Bertz CT molecular complexity index is 1170. The highest BCUT2D eigenvalue weighted by atomic mass is 16.5. The molecule has 4 aromatic rings. The molecule has 1 aliphatic rings. The second-order valence-electron chi connectivity index (χ2n) is 7.22. The molecule has 4 aromatic heterocycles. The summed E-state index contributed by atoms with van der Waals surface area (Å²) >= 11 is 0. The maximum atomic E-state index is 12.6. The Labute approximate surface area is 155 Å². The van der Waals surface area contributed by atoms with Crippen LogP contribution in [0.15, 0.2) is 41.6 Å². The molecule has 0 aliphatic carbocycles. The van der Waals surface area contributed by atoms with Crippen LogP contribution in [0.1, 0.15) is 25.8 Å². The molecule has 1 unspecified atom stereocenters. The fourth-order valence-corrected chi connectivity index (χ4v) is 4.07. The minimum absolute atomic E-state index is 0.0949. The predicted octanol–water partition coefficient (Wildman–Crippen LogP) is 3.26. The topological polar surface area (TPSA) is 88.6 Å². The first-order valence-electron chi connectivity index (χ1n) is 9.32. The third-order valence-electron chi connectivity index (χ3n) is 5.66. The molecule has 0 spiro atoms. The molecule has 0 aromatic carbocycles. The molecule has 7 heteroatoms. The molecule has 0 amide bonds. The number of H-pyrrole nitrogens is 2. The fraction of sp³-hybridized carbons (Fsp3) is 0.350. The first-order valence-corrected chi connectivity index (χ1v) is 9.32. The average Bonchev–Trinajstić information content (AvgIpc) is 3.30. The summed E-state index contributed by atoms with van der Waals surface area (Å²) < 4.78 is 7.32. The van der Waals surface area contributed by atoms with E-state index in [4.69, 9.17) is 4.74 Å². The quantitative estimate of drug-likeness (QED) is 0.585. The number of nitrogens with zero attached hydrogens (tertiary/aromatic N) is 3. The van der Waals surface area contributed by atoms with Crippen LogP contribution in [0.3, 0.4) is 0 Å². The van der Waals surface area contributed by atoms with Gasteiger partial charge in [-0.05, 0) is 43.9 Å². The maximum absolute atomic E-state index is 12.6. The summed E-state index contributed by atoms with van der Waals surface area (Å²) in [4.78, 5) is 27.6. The van der Waals surface area contributed by atoms with E-state index in [1.54, 1.807) is 6.20 Å². The second-order valence-corrected chi connectivity index (χ2v) is 7.22. The molecule has 1 saturated heterocycles. The SMILES string of the molecule is CC(C1CCOCC1)n1c(=O)[nH]c2ncc(-c3cnc4[nH]ccc4c3)cc21. The van der Waals surface area contributed by atoms with E-state index in [0.717, 1.165) is 53.7 Å². The normalized spacial score (nSPS) is 16.9. The number of hydrogen-bond acceptors (Lipinski definition) is 4. The molecule has 5 rings (SSSR count). The number of rotatable bonds is 3. The van der Waals surface area contributed by atoms with Crippen molar-refractivity contribution in [2.75, 3.05) is 13.2 Å². The van der Waals surface area contributed by atoms with Gasteiger partial charge in [0.2, 0.25) is 0 Å². The Kier molecular flexibility index (Phi) is 3.82. The van der Waals surface area contributed by atoms with Crippen molar-refractivity contribution in [3.8, 4) is 11.1 Å². The molecular weight excluding hydrogens is 342 g/mol.